The molecule has 1 unspecified atom stereocenters. The first-order chi connectivity index (χ1) is 30.9. The summed E-state index contributed by atoms with van der Waals surface area (Å²) in [6.45, 7) is 19.0. The van der Waals surface area contributed by atoms with Crippen LogP contribution in [-0.2, 0) is 12.1 Å². The second-order valence-electron chi connectivity index (χ2n) is 19.9. The third kappa shape index (κ3) is 5.46. The lowest BCUT2D eigenvalue weighted by atomic mass is 9.88. The molecule has 0 saturated heterocycles. The van der Waals surface area contributed by atoms with Gasteiger partial charge < -0.3 is 4.42 Å². The van der Waals surface area contributed by atoms with Gasteiger partial charge in [-0.25, -0.2) is 0 Å². The van der Waals surface area contributed by atoms with E-state index < -0.39 is 13.7 Å². The number of hydrogen-bond acceptors (Lipinski definition) is 1. The fraction of sp³-hybridized carbons (Fsp3) is 0.186. The number of pyridine rings is 1. The molecule has 5 heteroatoms. The first kappa shape index (κ1) is 38.8. The van der Waals surface area contributed by atoms with E-state index in [1.807, 2.05) is 0 Å². The highest BCUT2D eigenvalue weighted by Gasteiger charge is 2.66. The average molecular weight is 848 g/mol. The van der Waals surface area contributed by atoms with Crippen LogP contribution in [0.4, 0.5) is 0 Å². The number of aryl methyl sites for hydroxylation is 3. The van der Waals surface area contributed by atoms with Gasteiger partial charge in [-0.1, -0.05) is 124 Å². The Morgan fingerprint density at radius 1 is 0.609 bits per heavy atom. The maximum Gasteiger partial charge on any atom is 0.364 e. The molecule has 312 valence electrons. The van der Waals surface area contributed by atoms with Crippen LogP contribution in [-0.4, -0.2) is 12.6 Å². The zero-order valence-electron chi connectivity index (χ0n) is 38.0. The van der Waals surface area contributed by atoms with E-state index in [-0.39, 0.29) is 0 Å². The van der Waals surface area contributed by atoms with Gasteiger partial charge in [0.2, 0.25) is 5.69 Å². The zero-order chi connectivity index (χ0) is 43.8. The molecule has 2 aliphatic heterocycles. The highest BCUT2D eigenvalue weighted by Crippen LogP contribution is 2.52. The minimum absolute atomic E-state index is 0.544. The molecule has 0 radical (unpaired) electrons. The normalized spacial score (nSPS) is 15.1. The summed E-state index contributed by atoms with van der Waals surface area (Å²) < 4.78 is 14.9. The van der Waals surface area contributed by atoms with E-state index in [1.54, 1.807) is 0 Å². The van der Waals surface area contributed by atoms with Crippen molar-refractivity contribution in [1.82, 2.24) is 4.57 Å². The van der Waals surface area contributed by atoms with Crippen molar-refractivity contribution in [3.05, 3.63) is 191 Å². The zero-order valence-corrected chi connectivity index (χ0v) is 39.0. The van der Waals surface area contributed by atoms with Gasteiger partial charge in [-0.15, -0.1) is 9.13 Å². The minimum Gasteiger partial charge on any atom is -0.456 e. The highest BCUT2D eigenvalue weighted by molar-refractivity contribution is 6.89. The molecule has 4 nitrogen and oxygen atoms in total. The van der Waals surface area contributed by atoms with Crippen LogP contribution in [0.1, 0.15) is 47.2 Å². The van der Waals surface area contributed by atoms with Crippen LogP contribution in [0, 0.1) is 26.7 Å². The van der Waals surface area contributed by atoms with Gasteiger partial charge in [-0.3, -0.25) is 0 Å². The van der Waals surface area contributed by atoms with Crippen molar-refractivity contribution >= 4 is 46.2 Å². The molecule has 7 aromatic carbocycles. The number of imidazole rings is 1. The summed E-state index contributed by atoms with van der Waals surface area (Å²) in [4.78, 5) is 0. The van der Waals surface area contributed by atoms with E-state index in [4.69, 9.17) is 4.42 Å². The van der Waals surface area contributed by atoms with E-state index in [0.717, 1.165) is 28.4 Å². The third-order valence-electron chi connectivity index (χ3n) is 14.1. The van der Waals surface area contributed by atoms with E-state index in [9.17, 15) is 0 Å². The topological polar surface area (TPSA) is 25.8 Å². The van der Waals surface area contributed by atoms with Crippen molar-refractivity contribution < 1.29 is 13.6 Å². The molecule has 0 fully saturated rings. The van der Waals surface area contributed by atoms with Crippen LogP contribution in [0.2, 0.25) is 19.6 Å². The molecule has 0 aliphatic carbocycles. The van der Waals surface area contributed by atoms with Crippen LogP contribution in [0.25, 0.3) is 83.6 Å². The second kappa shape index (κ2) is 13.8. The van der Waals surface area contributed by atoms with E-state index in [0.29, 0.717) is 5.92 Å². The Hall–Kier alpha value is -6.82. The summed E-state index contributed by atoms with van der Waals surface area (Å²) in [5.41, 5.74) is 21.0. The highest BCUT2D eigenvalue weighted by atomic mass is 28.3. The van der Waals surface area contributed by atoms with Gasteiger partial charge in [0.25, 0.3) is 0 Å². The van der Waals surface area contributed by atoms with E-state index in [2.05, 4.69) is 226 Å². The van der Waals surface area contributed by atoms with Crippen LogP contribution in [0.5, 0.6) is 0 Å². The third-order valence-corrected chi connectivity index (χ3v) is 16.1. The number of fused-ring (bicyclic) bond motifs is 15. The summed E-state index contributed by atoms with van der Waals surface area (Å²) in [5.74, 6) is 1.72. The smallest absolute Gasteiger partial charge is 0.364 e. The van der Waals surface area contributed by atoms with Gasteiger partial charge in [0, 0.05) is 22.0 Å². The second-order valence-corrected chi connectivity index (χ2v) is 25.0. The quantitative estimate of drug-likeness (QED) is 0.121. The molecule has 3 aromatic heterocycles. The van der Waals surface area contributed by atoms with Crippen LogP contribution in [0.3, 0.4) is 0 Å². The summed E-state index contributed by atoms with van der Waals surface area (Å²) in [5, 5.41) is 3.78. The lowest BCUT2D eigenvalue weighted by Gasteiger charge is -2.24. The lowest BCUT2D eigenvalue weighted by molar-refractivity contribution is -0.944. The number of furan rings is 1. The van der Waals surface area contributed by atoms with Gasteiger partial charge in [0.1, 0.15) is 16.9 Å². The standard InChI is InChI=1S/C59H53N3OSi/c1-36(2)28-44-32-53-45-18-12-13-19-49(45)59(60(53)35-56(44)64(6,7)8)50-34-55-47(46-31-42(26-27-54(46)63-55)41-24-22-37(3)23-25-41)33-48(50)58-61(51-20-14-15-21-52(51)62(58)59)57-38(4)29-43(30-39(57)5)40-16-10-9-11-17-40/h9-27,29-36H,28H2,1-8H3/q+2. The largest absolute Gasteiger partial charge is 0.456 e. The summed E-state index contributed by atoms with van der Waals surface area (Å²) >= 11 is 0. The van der Waals surface area contributed by atoms with E-state index in [1.165, 1.54) is 100 Å². The van der Waals surface area contributed by atoms with Crippen molar-refractivity contribution in [1.29, 1.82) is 0 Å². The molecule has 0 N–H and O–H groups in total. The molecule has 10 aromatic rings. The fourth-order valence-electron chi connectivity index (χ4n) is 11.4. The Bertz CT molecular complexity index is 3540. The predicted octanol–water partition coefficient (Wildman–Crippen LogP) is 13.4. The molecule has 1 spiro atoms. The molecule has 12 rings (SSSR count). The van der Waals surface area contributed by atoms with Crippen molar-refractivity contribution in [2.45, 2.75) is 66.3 Å². The van der Waals surface area contributed by atoms with Gasteiger partial charge in [0.15, 0.2) is 17.2 Å². The van der Waals surface area contributed by atoms with Crippen LogP contribution >= 0.6 is 0 Å². The Labute approximate surface area is 376 Å². The number of para-hydroxylation sites is 2. The van der Waals surface area contributed by atoms with Crippen LogP contribution in [0.15, 0.2) is 162 Å². The molecular formula is C59H53N3OSi+2. The fourth-order valence-corrected chi connectivity index (χ4v) is 13.1. The van der Waals surface area contributed by atoms with Gasteiger partial charge in [-0.2, -0.15) is 4.57 Å². The van der Waals surface area contributed by atoms with Crippen molar-refractivity contribution in [3.8, 4) is 50.6 Å². The number of benzene rings is 7. The Morgan fingerprint density at radius 3 is 2.03 bits per heavy atom. The molecule has 2 aliphatic rings. The molecule has 0 amide bonds. The first-order valence-corrected chi connectivity index (χ1v) is 26.4. The first-order valence-electron chi connectivity index (χ1n) is 22.9. The Morgan fingerprint density at radius 2 is 1.28 bits per heavy atom. The number of hydrogen-bond donors (Lipinski definition) is 0. The Kier molecular flexibility index (Phi) is 8.39. The number of nitrogens with zero attached hydrogens (tertiary/aromatic N) is 3. The number of aromatic nitrogens is 3. The van der Waals surface area contributed by atoms with Crippen molar-refractivity contribution in [3.63, 3.8) is 0 Å². The average Bonchev–Trinajstić information content (AvgIpc) is 3.98. The van der Waals surface area contributed by atoms with Gasteiger partial charge >= 0.3 is 11.5 Å². The molecule has 5 heterocycles. The summed E-state index contributed by atoms with van der Waals surface area (Å²) in [6.07, 6.45) is 3.64. The predicted molar refractivity (Wildman–Crippen MR) is 266 cm³/mol. The molecule has 1 atom stereocenters. The number of rotatable bonds is 6. The Balaban J connectivity index is 1.24. The SMILES string of the molecule is Cc1ccc(-c2ccc3oc4cc5c(cc4c3c2)-c2n(-c3c(C)cc(-c4ccccc4)cc3C)c3ccccc3[n+]2C52c3ccccc3-c3cc(CC(C)C)c([Si](C)(C)C)c[n+]32)cc1. The molecular weight excluding hydrogens is 795 g/mol. The maximum atomic E-state index is 6.96. The summed E-state index contributed by atoms with van der Waals surface area (Å²) in [6, 6.07) is 56.8. The molecule has 0 saturated carbocycles. The molecule has 0 bridgehead atoms. The van der Waals surface area contributed by atoms with E-state index >= 15 is 0 Å². The lowest BCUT2D eigenvalue weighted by Crippen LogP contribution is -2.72. The van der Waals surface area contributed by atoms with Crippen molar-refractivity contribution in [2.24, 2.45) is 5.92 Å². The van der Waals surface area contributed by atoms with Gasteiger partial charge in [0.05, 0.1) is 30.3 Å². The molecule has 64 heavy (non-hydrogen) atoms. The minimum atomic E-state index is -1.85. The van der Waals surface area contributed by atoms with Gasteiger partial charge in [-0.05, 0) is 133 Å². The van der Waals surface area contributed by atoms with Crippen LogP contribution < -0.4 is 14.3 Å². The van der Waals surface area contributed by atoms with Crippen molar-refractivity contribution in [2.75, 3.05) is 0 Å². The summed E-state index contributed by atoms with van der Waals surface area (Å²) in [7, 11) is -1.85. The maximum absolute atomic E-state index is 6.96. The monoisotopic (exact) mass is 847 g/mol.